The highest BCUT2D eigenvalue weighted by Gasteiger charge is 2.39. The lowest BCUT2D eigenvalue weighted by molar-refractivity contribution is -0.187. The van der Waals surface area contributed by atoms with Gasteiger partial charge in [0.25, 0.3) is 11.8 Å². The van der Waals surface area contributed by atoms with Crippen LogP contribution in [0.5, 0.6) is 0 Å². The average Bonchev–Trinajstić information content (AvgIpc) is 3.73. The van der Waals surface area contributed by atoms with Gasteiger partial charge in [0, 0.05) is 47.3 Å². The number of rotatable bonds is 9. The molecule has 0 spiro atoms. The largest absolute Gasteiger partial charge is 0.399 e. The van der Waals surface area contributed by atoms with Crippen LogP contribution in [-0.2, 0) is 16.2 Å². The van der Waals surface area contributed by atoms with Crippen LogP contribution >= 0.6 is 0 Å². The highest BCUT2D eigenvalue weighted by atomic mass is 16.7. The van der Waals surface area contributed by atoms with Crippen molar-refractivity contribution in [2.24, 2.45) is 10.7 Å². The number of hydroxylamine groups is 2. The summed E-state index contributed by atoms with van der Waals surface area (Å²) in [5, 5.41) is 4.50. The number of carbonyl (C=O) groups excluding carboxylic acids is 2. The molecule has 1 saturated carbocycles. The third kappa shape index (κ3) is 6.35. The van der Waals surface area contributed by atoms with E-state index in [1.54, 1.807) is 36.4 Å². The quantitative estimate of drug-likeness (QED) is 0.277. The predicted molar refractivity (Wildman–Crippen MR) is 153 cm³/mol. The molecule has 2 atom stereocenters. The number of hydrogen-bond acceptors (Lipinski definition) is 6. The van der Waals surface area contributed by atoms with Crippen molar-refractivity contribution in [3.05, 3.63) is 101 Å². The maximum atomic E-state index is 13.5. The van der Waals surface area contributed by atoms with Crippen LogP contribution < -0.4 is 16.8 Å². The van der Waals surface area contributed by atoms with E-state index in [1.165, 1.54) is 10.6 Å². The van der Waals surface area contributed by atoms with Crippen molar-refractivity contribution in [2.45, 2.75) is 44.8 Å². The minimum Gasteiger partial charge on any atom is -0.399 e. The van der Waals surface area contributed by atoms with E-state index in [1.807, 2.05) is 37.3 Å². The van der Waals surface area contributed by atoms with Gasteiger partial charge in [-0.25, -0.2) is 10.1 Å². The fourth-order valence-corrected chi connectivity index (χ4v) is 4.70. The van der Waals surface area contributed by atoms with Crippen molar-refractivity contribution >= 4 is 35.1 Å². The second-order valence-corrected chi connectivity index (χ2v) is 9.98. The molecule has 2 amide bonds. The number of nitrogens with zero attached hydrogens (tertiary/aromatic N) is 2. The summed E-state index contributed by atoms with van der Waals surface area (Å²) in [5.74, 6) is 0.229. The lowest BCUT2D eigenvalue weighted by Crippen LogP contribution is -2.34. The lowest BCUT2D eigenvalue weighted by Gasteiger charge is -2.22. The molecule has 8 heteroatoms. The molecule has 0 radical (unpaired) electrons. The molecule has 5 N–H and O–H groups in total. The number of nitrogens with one attached hydrogen (secondary N) is 1. The number of aliphatic imine (C=N–C) groups is 1. The van der Waals surface area contributed by atoms with Gasteiger partial charge >= 0.3 is 0 Å². The Balaban J connectivity index is 1.29. The molecule has 1 aliphatic carbocycles. The average molecular weight is 524 g/mol. The molecule has 3 aromatic carbocycles. The minimum atomic E-state index is -0.263. The molecular formula is C31H33N5O3. The van der Waals surface area contributed by atoms with Crippen LogP contribution in [0.25, 0.3) is 6.08 Å². The Morgan fingerprint density at radius 1 is 1.05 bits per heavy atom. The van der Waals surface area contributed by atoms with Gasteiger partial charge in [-0.05, 0) is 54.3 Å². The maximum absolute atomic E-state index is 13.5. The Morgan fingerprint density at radius 2 is 1.82 bits per heavy atom. The fourth-order valence-electron chi connectivity index (χ4n) is 4.70. The summed E-state index contributed by atoms with van der Waals surface area (Å²) >= 11 is 0. The van der Waals surface area contributed by atoms with Gasteiger partial charge in [0.1, 0.15) is 12.4 Å². The van der Waals surface area contributed by atoms with Gasteiger partial charge in [-0.1, -0.05) is 55.5 Å². The minimum absolute atomic E-state index is 0.120. The first-order valence-electron chi connectivity index (χ1n) is 13.2. The molecule has 0 unspecified atom stereocenters. The Hall–Kier alpha value is -4.43. The molecule has 200 valence electrons. The molecular weight excluding hydrogens is 490 g/mol. The third-order valence-electron chi connectivity index (χ3n) is 6.89. The summed E-state index contributed by atoms with van der Waals surface area (Å²) in [5.41, 5.74) is 17.0. The van der Waals surface area contributed by atoms with Gasteiger partial charge in [0.15, 0.2) is 0 Å². The van der Waals surface area contributed by atoms with Crippen molar-refractivity contribution < 1.29 is 14.4 Å². The fraction of sp³-hybridized carbons (Fsp3) is 0.258. The molecule has 5 rings (SSSR count). The van der Waals surface area contributed by atoms with Gasteiger partial charge < -0.3 is 16.8 Å². The number of carbonyl (C=O) groups is 2. The van der Waals surface area contributed by atoms with Gasteiger partial charge in [-0.2, -0.15) is 0 Å². The van der Waals surface area contributed by atoms with Crippen molar-refractivity contribution in [2.75, 3.05) is 12.3 Å². The number of amides is 2. The zero-order valence-electron chi connectivity index (χ0n) is 22.0. The van der Waals surface area contributed by atoms with Crippen LogP contribution in [0.3, 0.4) is 0 Å². The summed E-state index contributed by atoms with van der Waals surface area (Å²) in [7, 11) is 0. The molecule has 3 aromatic rings. The first-order valence-corrected chi connectivity index (χ1v) is 13.2. The first kappa shape index (κ1) is 26.2. The van der Waals surface area contributed by atoms with Gasteiger partial charge in [0.2, 0.25) is 0 Å². The van der Waals surface area contributed by atoms with Crippen LogP contribution in [0.2, 0.25) is 0 Å². The first-order chi connectivity index (χ1) is 18.9. The van der Waals surface area contributed by atoms with Crippen LogP contribution in [0.4, 0.5) is 11.4 Å². The molecule has 0 bridgehead atoms. The number of nitrogens with two attached hydrogens (primary N) is 2. The Kier molecular flexibility index (Phi) is 7.74. The highest BCUT2D eigenvalue weighted by Crippen LogP contribution is 2.41. The molecule has 2 aliphatic rings. The number of anilines is 1. The number of amidine groups is 1. The number of hydrogen-bond donors (Lipinski definition) is 3. The topological polar surface area (TPSA) is 123 Å². The van der Waals surface area contributed by atoms with Gasteiger partial charge in [0.05, 0.1) is 5.69 Å². The summed E-state index contributed by atoms with van der Waals surface area (Å²) in [6, 6.07) is 22.9. The standard InChI is InChI=1S/C31H33N5O3/c1-2-14-36(39-19-20-8-12-25(32)13-9-20)31(38)24-15-22-10-11-23(16-27(22)34-29(33)17-24)30(37)35-28-18-26(28)21-6-4-3-5-7-21/h3-13,15-16,26,28H,2,14,17-19,32H2,1H3,(H2,33,34)(H,35,37)/t26-,28+/m1/s1. The summed E-state index contributed by atoms with van der Waals surface area (Å²) < 4.78 is 0. The smallest absolute Gasteiger partial charge is 0.273 e. The van der Waals surface area contributed by atoms with Crippen LogP contribution in [0, 0.1) is 0 Å². The Labute approximate surface area is 228 Å². The predicted octanol–water partition coefficient (Wildman–Crippen LogP) is 4.70. The van der Waals surface area contributed by atoms with E-state index < -0.39 is 0 Å². The van der Waals surface area contributed by atoms with Crippen molar-refractivity contribution in [3.8, 4) is 0 Å². The van der Waals surface area contributed by atoms with E-state index in [4.69, 9.17) is 16.3 Å². The normalized spacial score (nSPS) is 17.8. The second kappa shape index (κ2) is 11.5. The molecule has 1 aliphatic heterocycles. The molecule has 1 heterocycles. The van der Waals surface area contributed by atoms with Crippen molar-refractivity contribution in [1.29, 1.82) is 0 Å². The molecule has 0 aromatic heterocycles. The molecule has 39 heavy (non-hydrogen) atoms. The van der Waals surface area contributed by atoms with Crippen LogP contribution in [0.1, 0.15) is 59.2 Å². The summed E-state index contributed by atoms with van der Waals surface area (Å²) in [6.07, 6.45) is 3.62. The number of fused-ring (bicyclic) bond motifs is 1. The lowest BCUT2D eigenvalue weighted by atomic mass is 10.0. The maximum Gasteiger partial charge on any atom is 0.273 e. The summed E-state index contributed by atoms with van der Waals surface area (Å²) in [4.78, 5) is 36.8. The van der Waals surface area contributed by atoms with Crippen molar-refractivity contribution in [3.63, 3.8) is 0 Å². The third-order valence-corrected chi connectivity index (χ3v) is 6.89. The Bertz CT molecular complexity index is 1420. The SMILES string of the molecule is CCCN(OCc1ccc(N)cc1)C(=O)C1=Cc2ccc(C(=O)N[C@H]3C[C@@H]3c3ccccc3)cc2N=C(N)C1. The zero-order chi connectivity index (χ0) is 27.4. The number of nitrogen functional groups attached to an aromatic ring is 1. The molecule has 1 fully saturated rings. The van der Waals surface area contributed by atoms with E-state index in [0.29, 0.717) is 40.8 Å². The van der Waals surface area contributed by atoms with Crippen molar-refractivity contribution in [1.82, 2.24) is 10.4 Å². The van der Waals surface area contributed by atoms with E-state index in [2.05, 4.69) is 22.4 Å². The number of benzene rings is 3. The Morgan fingerprint density at radius 3 is 2.56 bits per heavy atom. The van der Waals surface area contributed by atoms with E-state index >= 15 is 0 Å². The van der Waals surface area contributed by atoms with E-state index in [9.17, 15) is 9.59 Å². The van der Waals surface area contributed by atoms with E-state index in [0.717, 1.165) is 24.0 Å². The monoisotopic (exact) mass is 523 g/mol. The van der Waals surface area contributed by atoms with Gasteiger partial charge in [-0.15, -0.1) is 0 Å². The van der Waals surface area contributed by atoms with Gasteiger partial charge in [-0.3, -0.25) is 14.4 Å². The zero-order valence-corrected chi connectivity index (χ0v) is 22.0. The molecule has 8 nitrogen and oxygen atoms in total. The summed E-state index contributed by atoms with van der Waals surface area (Å²) in [6.45, 7) is 2.65. The van der Waals surface area contributed by atoms with Crippen LogP contribution in [0.15, 0.2) is 83.4 Å². The van der Waals surface area contributed by atoms with Crippen LogP contribution in [-0.4, -0.2) is 35.3 Å². The van der Waals surface area contributed by atoms with E-state index in [-0.39, 0.29) is 30.9 Å². The molecule has 0 saturated heterocycles. The highest BCUT2D eigenvalue weighted by molar-refractivity contribution is 6.05. The second-order valence-electron chi connectivity index (χ2n) is 9.98.